The molecule has 0 fully saturated rings. The average Bonchev–Trinajstić information content (AvgIpc) is 2.67. The summed E-state index contributed by atoms with van der Waals surface area (Å²) in [4.78, 5) is 19.5. The van der Waals surface area contributed by atoms with Gasteiger partial charge in [-0.1, -0.05) is 23.2 Å². The third-order valence-electron chi connectivity index (χ3n) is 3.90. The number of nitrogens with one attached hydrogen (secondary N) is 1. The molecule has 3 rings (SSSR count). The van der Waals surface area contributed by atoms with Crippen LogP contribution >= 0.6 is 39.1 Å². The molecule has 1 amide bonds. The van der Waals surface area contributed by atoms with Gasteiger partial charge in [-0.2, -0.15) is 13.2 Å². The van der Waals surface area contributed by atoms with Crippen LogP contribution in [0.3, 0.4) is 0 Å². The molecule has 0 bridgehead atoms. The number of halogens is 7. The molecule has 1 aromatic carbocycles. The quantitative estimate of drug-likeness (QED) is 0.316. The standard InChI is InChI=1S/C18H9BrCl2F4N4O/c19-10-6-28-16(21)15(26)14(10)9-4-11(20)8(5-12(9)22)17(30)29-7-1-2-27-13(3-7)18(23,24)25/h1-6H,26H2,(H,27,29,30). The van der Waals surface area contributed by atoms with Crippen molar-refractivity contribution in [1.82, 2.24) is 9.97 Å². The van der Waals surface area contributed by atoms with E-state index < -0.39 is 23.6 Å². The van der Waals surface area contributed by atoms with Crippen molar-refractivity contribution in [2.24, 2.45) is 0 Å². The van der Waals surface area contributed by atoms with E-state index >= 15 is 0 Å². The predicted molar refractivity (Wildman–Crippen MR) is 109 cm³/mol. The molecule has 0 saturated carbocycles. The summed E-state index contributed by atoms with van der Waals surface area (Å²) < 4.78 is 53.4. The molecule has 12 heteroatoms. The topological polar surface area (TPSA) is 80.9 Å². The predicted octanol–water partition coefficient (Wildman–Crippen LogP) is 6.21. The molecule has 2 heterocycles. The van der Waals surface area contributed by atoms with Gasteiger partial charge in [0.25, 0.3) is 5.91 Å². The first-order valence-corrected chi connectivity index (χ1v) is 9.47. The number of nitrogen functional groups attached to an aromatic ring is 1. The Morgan fingerprint density at radius 1 is 1.17 bits per heavy atom. The van der Waals surface area contributed by atoms with Crippen LogP contribution in [0.15, 0.2) is 41.1 Å². The van der Waals surface area contributed by atoms with Crippen LogP contribution in [-0.4, -0.2) is 15.9 Å². The highest BCUT2D eigenvalue weighted by Gasteiger charge is 2.32. The van der Waals surface area contributed by atoms with E-state index in [1.807, 2.05) is 0 Å². The van der Waals surface area contributed by atoms with Gasteiger partial charge in [0.15, 0.2) is 5.15 Å². The molecule has 5 nitrogen and oxygen atoms in total. The highest BCUT2D eigenvalue weighted by molar-refractivity contribution is 9.10. The second-order valence-electron chi connectivity index (χ2n) is 5.88. The zero-order valence-corrected chi connectivity index (χ0v) is 17.6. The minimum atomic E-state index is -4.69. The van der Waals surface area contributed by atoms with E-state index in [1.165, 1.54) is 6.20 Å². The molecule has 0 spiro atoms. The monoisotopic (exact) mass is 522 g/mol. The molecule has 2 aromatic heterocycles. The molecule has 0 aliphatic carbocycles. The number of nitrogens with two attached hydrogens (primary N) is 1. The second kappa shape index (κ2) is 8.37. The van der Waals surface area contributed by atoms with Gasteiger partial charge in [0.2, 0.25) is 0 Å². The van der Waals surface area contributed by atoms with Crippen LogP contribution in [0.25, 0.3) is 11.1 Å². The molecular weight excluding hydrogens is 515 g/mol. The lowest BCUT2D eigenvalue weighted by Crippen LogP contribution is -2.15. The van der Waals surface area contributed by atoms with Crippen molar-refractivity contribution < 1.29 is 22.4 Å². The first-order valence-electron chi connectivity index (χ1n) is 7.92. The summed E-state index contributed by atoms with van der Waals surface area (Å²) in [6.07, 6.45) is -2.48. The van der Waals surface area contributed by atoms with Crippen molar-refractivity contribution in [3.8, 4) is 11.1 Å². The van der Waals surface area contributed by atoms with Crippen molar-refractivity contribution in [1.29, 1.82) is 0 Å². The van der Waals surface area contributed by atoms with Gasteiger partial charge in [-0.15, -0.1) is 0 Å². The molecule has 0 atom stereocenters. The first-order chi connectivity index (χ1) is 14.0. The summed E-state index contributed by atoms with van der Waals surface area (Å²) in [5.74, 6) is -1.77. The number of rotatable bonds is 3. The van der Waals surface area contributed by atoms with Crippen molar-refractivity contribution in [3.63, 3.8) is 0 Å². The van der Waals surface area contributed by atoms with Gasteiger partial charge in [-0.05, 0) is 40.2 Å². The summed E-state index contributed by atoms with van der Waals surface area (Å²) >= 11 is 15.2. The number of carbonyl (C=O) groups excluding carboxylic acids is 1. The van der Waals surface area contributed by atoms with Crippen LogP contribution in [0.2, 0.25) is 10.2 Å². The van der Waals surface area contributed by atoms with Crippen LogP contribution in [0, 0.1) is 5.82 Å². The highest BCUT2D eigenvalue weighted by atomic mass is 79.9. The lowest BCUT2D eigenvalue weighted by molar-refractivity contribution is -0.141. The Balaban J connectivity index is 1.97. The normalized spacial score (nSPS) is 11.4. The number of pyridine rings is 2. The van der Waals surface area contributed by atoms with E-state index in [9.17, 15) is 22.4 Å². The van der Waals surface area contributed by atoms with Gasteiger partial charge in [0.1, 0.15) is 11.5 Å². The number of hydrogen-bond acceptors (Lipinski definition) is 4. The highest BCUT2D eigenvalue weighted by Crippen LogP contribution is 2.39. The molecule has 0 aliphatic heterocycles. The van der Waals surface area contributed by atoms with Gasteiger partial charge in [0, 0.05) is 33.7 Å². The van der Waals surface area contributed by atoms with Crippen LogP contribution < -0.4 is 11.1 Å². The maximum atomic E-state index is 14.8. The molecule has 0 unspecified atom stereocenters. The van der Waals surface area contributed by atoms with Crippen molar-refractivity contribution >= 4 is 56.4 Å². The molecular formula is C18H9BrCl2F4N4O. The number of aromatic nitrogens is 2. The lowest BCUT2D eigenvalue weighted by Gasteiger charge is -2.13. The third-order valence-corrected chi connectivity index (χ3v) is 5.12. The molecule has 0 saturated heterocycles. The maximum Gasteiger partial charge on any atom is 0.433 e. The van der Waals surface area contributed by atoms with E-state index in [0.717, 1.165) is 24.4 Å². The number of hydrogen-bond donors (Lipinski definition) is 2. The second-order valence-corrected chi connectivity index (χ2v) is 7.50. The molecule has 156 valence electrons. The summed E-state index contributed by atoms with van der Waals surface area (Å²) in [5, 5.41) is 2.02. The van der Waals surface area contributed by atoms with Gasteiger partial charge in [-0.25, -0.2) is 9.37 Å². The largest absolute Gasteiger partial charge is 0.433 e. The zero-order chi connectivity index (χ0) is 22.2. The van der Waals surface area contributed by atoms with Gasteiger partial charge in [0.05, 0.1) is 16.3 Å². The van der Waals surface area contributed by atoms with E-state index in [1.54, 1.807) is 0 Å². The molecule has 30 heavy (non-hydrogen) atoms. The fourth-order valence-corrected chi connectivity index (χ4v) is 3.45. The lowest BCUT2D eigenvalue weighted by atomic mass is 10.0. The van der Waals surface area contributed by atoms with E-state index in [0.29, 0.717) is 10.5 Å². The summed E-state index contributed by atoms with van der Waals surface area (Å²) in [6.45, 7) is 0. The molecule has 0 radical (unpaired) electrons. The van der Waals surface area contributed by atoms with Crippen LogP contribution in [0.1, 0.15) is 16.1 Å². The Labute approximate surface area is 185 Å². The smallest absolute Gasteiger partial charge is 0.396 e. The Bertz CT molecular complexity index is 1160. The number of carbonyl (C=O) groups is 1. The van der Waals surface area contributed by atoms with E-state index in [-0.39, 0.29) is 38.2 Å². The molecule has 3 aromatic rings. The third kappa shape index (κ3) is 4.50. The van der Waals surface area contributed by atoms with Crippen molar-refractivity contribution in [2.45, 2.75) is 6.18 Å². The summed E-state index contributed by atoms with van der Waals surface area (Å²) in [7, 11) is 0. The Kier molecular flexibility index (Phi) is 6.21. The van der Waals surface area contributed by atoms with Crippen LogP contribution in [-0.2, 0) is 6.18 Å². The van der Waals surface area contributed by atoms with Gasteiger partial charge in [-0.3, -0.25) is 9.78 Å². The fourth-order valence-electron chi connectivity index (χ4n) is 2.53. The van der Waals surface area contributed by atoms with Crippen LogP contribution in [0.5, 0.6) is 0 Å². The Hall–Kier alpha value is -2.43. The number of anilines is 2. The number of benzene rings is 1. The number of amides is 1. The number of nitrogens with zero attached hydrogens (tertiary/aromatic N) is 2. The average molecular weight is 524 g/mol. The van der Waals surface area contributed by atoms with E-state index in [4.69, 9.17) is 28.9 Å². The molecule has 0 aliphatic rings. The van der Waals surface area contributed by atoms with Gasteiger partial charge >= 0.3 is 6.18 Å². The SMILES string of the molecule is Nc1c(Cl)ncc(Br)c1-c1cc(Cl)c(C(=O)Nc2ccnc(C(F)(F)F)c2)cc1F. The Morgan fingerprint density at radius 2 is 1.87 bits per heavy atom. The zero-order valence-electron chi connectivity index (χ0n) is 14.5. The van der Waals surface area contributed by atoms with Gasteiger partial charge < -0.3 is 11.1 Å². The summed E-state index contributed by atoms with van der Waals surface area (Å²) in [5.41, 5.74) is 4.34. The fraction of sp³-hybridized carbons (Fsp3) is 0.0556. The summed E-state index contributed by atoms with van der Waals surface area (Å²) in [6, 6.07) is 3.81. The Morgan fingerprint density at radius 3 is 2.53 bits per heavy atom. The van der Waals surface area contributed by atoms with Crippen LogP contribution in [0.4, 0.5) is 28.9 Å². The van der Waals surface area contributed by atoms with Crippen molar-refractivity contribution in [3.05, 3.63) is 68.4 Å². The number of alkyl halides is 3. The minimum absolute atomic E-state index is 0.00493. The maximum absolute atomic E-state index is 14.8. The van der Waals surface area contributed by atoms with Crippen molar-refractivity contribution in [2.75, 3.05) is 11.1 Å². The minimum Gasteiger partial charge on any atom is -0.396 e. The molecule has 3 N–H and O–H groups in total. The first kappa shape index (κ1) is 22.3. The van der Waals surface area contributed by atoms with E-state index in [2.05, 4.69) is 31.2 Å².